The molecule has 20 heavy (non-hydrogen) atoms. The molecule has 0 atom stereocenters. The number of carbonyl (C=O) groups excluding carboxylic acids is 1. The van der Waals surface area contributed by atoms with Crippen LogP contribution in [0, 0.1) is 6.92 Å². The lowest BCUT2D eigenvalue weighted by molar-refractivity contribution is 0.244. The first-order chi connectivity index (χ1) is 9.74. The molecule has 0 unspecified atom stereocenters. The molecule has 0 bridgehead atoms. The van der Waals surface area contributed by atoms with Crippen molar-refractivity contribution in [2.24, 2.45) is 0 Å². The van der Waals surface area contributed by atoms with Crippen LogP contribution in [0.2, 0.25) is 0 Å². The molecule has 5 heteroatoms. The maximum Gasteiger partial charge on any atom is 0.323 e. The van der Waals surface area contributed by atoms with Crippen molar-refractivity contribution >= 4 is 11.8 Å². The van der Waals surface area contributed by atoms with E-state index >= 15 is 0 Å². The summed E-state index contributed by atoms with van der Waals surface area (Å²) >= 11 is 0. The van der Waals surface area contributed by atoms with Crippen LogP contribution in [-0.2, 0) is 13.1 Å². The second-order valence-electron chi connectivity index (χ2n) is 5.02. The van der Waals surface area contributed by atoms with E-state index in [1.54, 1.807) is 4.90 Å². The molecule has 1 aromatic heterocycles. The van der Waals surface area contributed by atoms with Crippen molar-refractivity contribution in [2.75, 3.05) is 11.4 Å². The predicted molar refractivity (Wildman–Crippen MR) is 77.6 cm³/mol. The van der Waals surface area contributed by atoms with E-state index < -0.39 is 0 Å². The normalized spacial score (nSPS) is 13.9. The van der Waals surface area contributed by atoms with Gasteiger partial charge in [0, 0.05) is 25.7 Å². The van der Waals surface area contributed by atoms with Crippen molar-refractivity contribution in [3.8, 4) is 0 Å². The van der Waals surface area contributed by atoms with Gasteiger partial charge in [-0.15, -0.1) is 0 Å². The Balaban J connectivity index is 1.69. The Hall–Kier alpha value is -2.30. The highest BCUT2D eigenvalue weighted by molar-refractivity contribution is 5.91. The van der Waals surface area contributed by atoms with Crippen molar-refractivity contribution < 1.29 is 4.79 Å². The number of anilines is 1. The zero-order valence-corrected chi connectivity index (χ0v) is 11.5. The van der Waals surface area contributed by atoms with Gasteiger partial charge in [-0.25, -0.2) is 9.48 Å². The summed E-state index contributed by atoms with van der Waals surface area (Å²) in [7, 11) is 0. The minimum absolute atomic E-state index is 0.0605. The van der Waals surface area contributed by atoms with Crippen LogP contribution in [0.15, 0.2) is 36.4 Å². The van der Waals surface area contributed by atoms with Gasteiger partial charge >= 0.3 is 6.03 Å². The van der Waals surface area contributed by atoms with Crippen molar-refractivity contribution in [1.82, 2.24) is 15.1 Å². The molecule has 5 nitrogen and oxygen atoms in total. The summed E-state index contributed by atoms with van der Waals surface area (Å²) in [4.78, 5) is 14.1. The summed E-state index contributed by atoms with van der Waals surface area (Å²) in [5.41, 5.74) is 2.05. The third-order valence-corrected chi connectivity index (χ3v) is 3.44. The number of aryl methyl sites for hydroxylation is 2. The fourth-order valence-corrected chi connectivity index (χ4v) is 2.48. The Labute approximate surface area is 118 Å². The minimum atomic E-state index is -0.0605. The van der Waals surface area contributed by atoms with Crippen LogP contribution < -0.4 is 10.2 Å². The standard InChI is InChI=1S/C15H18N4O/c1-12-10-14-18(8-5-9-19(14)17-12)15(20)16-11-13-6-3-2-4-7-13/h2-4,6-7,10H,5,8-9,11H2,1H3,(H,16,20). The SMILES string of the molecule is Cc1cc2n(n1)CCCN2C(=O)NCc1ccccc1. The first-order valence-corrected chi connectivity index (χ1v) is 6.88. The largest absolute Gasteiger partial charge is 0.334 e. The number of rotatable bonds is 2. The fourth-order valence-electron chi connectivity index (χ4n) is 2.48. The number of nitrogens with one attached hydrogen (secondary N) is 1. The second-order valence-corrected chi connectivity index (χ2v) is 5.02. The van der Waals surface area contributed by atoms with Gasteiger partial charge in [0.1, 0.15) is 5.82 Å². The molecule has 2 amide bonds. The highest BCUT2D eigenvalue weighted by Gasteiger charge is 2.23. The Kier molecular flexibility index (Phi) is 3.41. The minimum Gasteiger partial charge on any atom is -0.334 e. The third kappa shape index (κ3) is 2.52. The van der Waals surface area contributed by atoms with E-state index in [0.717, 1.165) is 36.6 Å². The lowest BCUT2D eigenvalue weighted by Gasteiger charge is -2.27. The number of amides is 2. The van der Waals surface area contributed by atoms with Gasteiger partial charge in [-0.2, -0.15) is 5.10 Å². The highest BCUT2D eigenvalue weighted by Crippen LogP contribution is 2.21. The predicted octanol–water partition coefficient (Wildman–Crippen LogP) is 2.31. The molecule has 1 N–H and O–H groups in total. The lowest BCUT2D eigenvalue weighted by atomic mass is 10.2. The summed E-state index contributed by atoms with van der Waals surface area (Å²) in [5.74, 6) is 0.888. The van der Waals surface area contributed by atoms with Gasteiger partial charge in [0.25, 0.3) is 0 Å². The lowest BCUT2D eigenvalue weighted by Crippen LogP contribution is -2.43. The van der Waals surface area contributed by atoms with Crippen molar-refractivity contribution in [1.29, 1.82) is 0 Å². The maximum absolute atomic E-state index is 12.3. The van der Waals surface area contributed by atoms with E-state index in [4.69, 9.17) is 0 Å². The van der Waals surface area contributed by atoms with E-state index in [2.05, 4.69) is 10.4 Å². The van der Waals surface area contributed by atoms with Crippen molar-refractivity contribution in [2.45, 2.75) is 26.4 Å². The topological polar surface area (TPSA) is 50.2 Å². The molecule has 0 saturated carbocycles. The van der Waals surface area contributed by atoms with E-state index in [1.165, 1.54) is 0 Å². The van der Waals surface area contributed by atoms with E-state index in [0.29, 0.717) is 6.54 Å². The number of nitrogens with zero attached hydrogens (tertiary/aromatic N) is 3. The van der Waals surface area contributed by atoms with Gasteiger partial charge in [-0.05, 0) is 18.9 Å². The van der Waals surface area contributed by atoms with Gasteiger partial charge in [-0.3, -0.25) is 4.90 Å². The third-order valence-electron chi connectivity index (χ3n) is 3.44. The number of urea groups is 1. The average molecular weight is 270 g/mol. The molecule has 0 spiro atoms. The summed E-state index contributed by atoms with van der Waals surface area (Å²) in [6.07, 6.45) is 0.937. The van der Waals surface area contributed by atoms with Crippen LogP contribution in [0.25, 0.3) is 0 Å². The summed E-state index contributed by atoms with van der Waals surface area (Å²) in [6.45, 7) is 4.12. The van der Waals surface area contributed by atoms with E-state index in [-0.39, 0.29) is 6.03 Å². The first-order valence-electron chi connectivity index (χ1n) is 6.88. The monoisotopic (exact) mass is 270 g/mol. The Bertz CT molecular complexity index is 606. The number of hydrogen-bond donors (Lipinski definition) is 1. The maximum atomic E-state index is 12.3. The molecular formula is C15H18N4O. The quantitative estimate of drug-likeness (QED) is 0.910. The zero-order valence-electron chi connectivity index (χ0n) is 11.5. The molecule has 0 aliphatic carbocycles. The molecule has 0 radical (unpaired) electrons. The molecule has 1 aliphatic heterocycles. The van der Waals surface area contributed by atoms with Crippen LogP contribution in [0.4, 0.5) is 10.6 Å². The zero-order chi connectivity index (χ0) is 13.9. The number of hydrogen-bond acceptors (Lipinski definition) is 2. The summed E-state index contributed by atoms with van der Waals surface area (Å²) < 4.78 is 1.90. The van der Waals surface area contributed by atoms with Crippen LogP contribution >= 0.6 is 0 Å². The molecule has 1 aromatic carbocycles. The van der Waals surface area contributed by atoms with Gasteiger partial charge in [0.15, 0.2) is 0 Å². The van der Waals surface area contributed by atoms with Gasteiger partial charge < -0.3 is 5.32 Å². The van der Waals surface area contributed by atoms with Gasteiger partial charge in [0.2, 0.25) is 0 Å². The molecule has 1 aliphatic rings. The molecule has 3 rings (SSSR count). The van der Waals surface area contributed by atoms with Crippen LogP contribution in [0.3, 0.4) is 0 Å². The van der Waals surface area contributed by atoms with Crippen molar-refractivity contribution in [3.63, 3.8) is 0 Å². The molecule has 2 heterocycles. The van der Waals surface area contributed by atoms with Gasteiger partial charge in [-0.1, -0.05) is 30.3 Å². The number of aromatic nitrogens is 2. The smallest absolute Gasteiger partial charge is 0.323 e. The number of carbonyl (C=O) groups is 1. The molecular weight excluding hydrogens is 252 g/mol. The average Bonchev–Trinajstić information content (AvgIpc) is 2.85. The van der Waals surface area contributed by atoms with E-state index in [1.807, 2.05) is 48.0 Å². The number of benzene rings is 1. The first kappa shape index (κ1) is 12.7. The number of fused-ring (bicyclic) bond motifs is 1. The molecule has 2 aromatic rings. The van der Waals surface area contributed by atoms with Crippen LogP contribution in [-0.4, -0.2) is 22.4 Å². The summed E-state index contributed by atoms with van der Waals surface area (Å²) in [5, 5.41) is 7.36. The second kappa shape index (κ2) is 5.36. The van der Waals surface area contributed by atoms with E-state index in [9.17, 15) is 4.79 Å². The van der Waals surface area contributed by atoms with Crippen LogP contribution in [0.5, 0.6) is 0 Å². The molecule has 0 saturated heterocycles. The fraction of sp³-hybridized carbons (Fsp3) is 0.333. The molecule has 0 fully saturated rings. The van der Waals surface area contributed by atoms with Crippen molar-refractivity contribution in [3.05, 3.63) is 47.7 Å². The van der Waals surface area contributed by atoms with Crippen LogP contribution in [0.1, 0.15) is 17.7 Å². The Morgan fingerprint density at radius 2 is 2.10 bits per heavy atom. The summed E-state index contributed by atoms with van der Waals surface area (Å²) in [6, 6.07) is 11.8. The highest BCUT2D eigenvalue weighted by atomic mass is 16.2. The van der Waals surface area contributed by atoms with Gasteiger partial charge in [0.05, 0.1) is 5.69 Å². The Morgan fingerprint density at radius 3 is 2.90 bits per heavy atom. The molecule has 104 valence electrons. The Morgan fingerprint density at radius 1 is 1.30 bits per heavy atom.